The summed E-state index contributed by atoms with van der Waals surface area (Å²) >= 11 is 0. The van der Waals surface area contributed by atoms with E-state index in [1.165, 1.54) is 19.3 Å². The number of rotatable bonds is 5. The predicted molar refractivity (Wildman–Crippen MR) is 73.8 cm³/mol. The molecule has 1 aliphatic rings. The van der Waals surface area contributed by atoms with Crippen LogP contribution >= 0.6 is 0 Å². The molecule has 0 aromatic carbocycles. The molecular weight excluding hydrogens is 226 g/mol. The molecule has 0 aliphatic carbocycles. The average Bonchev–Trinajstić information content (AvgIpc) is 2.40. The maximum Gasteiger partial charge on any atom is 0.247 e. The second-order valence-corrected chi connectivity index (χ2v) is 5.09. The summed E-state index contributed by atoms with van der Waals surface area (Å²) < 4.78 is 0. The smallest absolute Gasteiger partial charge is 0.247 e. The highest BCUT2D eigenvalue weighted by Gasteiger charge is 2.18. The molecular formula is C13H23N5. The normalized spacial score (nSPS) is 16.9. The molecule has 0 amide bonds. The van der Waals surface area contributed by atoms with Gasteiger partial charge >= 0.3 is 0 Å². The zero-order chi connectivity index (χ0) is 12.8. The minimum atomic E-state index is 0.767. The first kappa shape index (κ1) is 13.1. The quantitative estimate of drug-likeness (QED) is 0.812. The molecule has 0 spiro atoms. The highest BCUT2D eigenvalue weighted by atomic mass is 15.3. The zero-order valence-electron chi connectivity index (χ0n) is 11.4. The molecule has 1 saturated heterocycles. The number of aromatic nitrogens is 3. The largest absolute Gasteiger partial charge is 0.369 e. The van der Waals surface area contributed by atoms with Gasteiger partial charge in [0.15, 0.2) is 5.82 Å². The third kappa shape index (κ3) is 3.55. The topological polar surface area (TPSA) is 53.9 Å². The van der Waals surface area contributed by atoms with Crippen LogP contribution in [0.1, 0.15) is 39.5 Å². The summed E-state index contributed by atoms with van der Waals surface area (Å²) in [6, 6.07) is 0. The van der Waals surface area contributed by atoms with E-state index < -0.39 is 0 Å². The van der Waals surface area contributed by atoms with Gasteiger partial charge in [0.2, 0.25) is 5.95 Å². The second-order valence-electron chi connectivity index (χ2n) is 5.09. The fraction of sp³-hybridized carbons (Fsp3) is 0.769. The summed E-state index contributed by atoms with van der Waals surface area (Å²) in [7, 11) is 0. The number of nitrogens with one attached hydrogen (secondary N) is 1. The molecule has 1 N–H and O–H groups in total. The minimum Gasteiger partial charge on any atom is -0.369 e. The highest BCUT2D eigenvalue weighted by Crippen LogP contribution is 2.20. The Hall–Kier alpha value is -1.39. The van der Waals surface area contributed by atoms with E-state index in [9.17, 15) is 0 Å². The Morgan fingerprint density at radius 3 is 2.89 bits per heavy atom. The van der Waals surface area contributed by atoms with Crippen LogP contribution in [-0.4, -0.2) is 34.8 Å². The van der Waals surface area contributed by atoms with Gasteiger partial charge in [0, 0.05) is 19.6 Å². The predicted octanol–water partition coefficient (Wildman–Crippen LogP) is 2.32. The third-order valence-electron chi connectivity index (χ3n) is 3.45. The Morgan fingerprint density at radius 1 is 1.39 bits per heavy atom. The highest BCUT2D eigenvalue weighted by molar-refractivity contribution is 5.39. The van der Waals surface area contributed by atoms with Gasteiger partial charge in [-0.15, -0.1) is 5.10 Å². The Bertz CT molecular complexity index is 360. The van der Waals surface area contributed by atoms with Gasteiger partial charge in [-0.3, -0.25) is 0 Å². The molecule has 0 unspecified atom stereocenters. The summed E-state index contributed by atoms with van der Waals surface area (Å²) in [6.45, 7) is 7.52. The Labute approximate surface area is 109 Å². The summed E-state index contributed by atoms with van der Waals surface area (Å²) in [5, 5.41) is 11.5. The molecule has 0 atom stereocenters. The summed E-state index contributed by atoms with van der Waals surface area (Å²) in [5.41, 5.74) is 0. The van der Waals surface area contributed by atoms with Crippen LogP contribution in [0, 0.1) is 5.92 Å². The first-order valence-corrected chi connectivity index (χ1v) is 6.98. The average molecular weight is 249 g/mol. The molecule has 5 nitrogen and oxygen atoms in total. The van der Waals surface area contributed by atoms with E-state index in [1.54, 1.807) is 6.20 Å². The summed E-state index contributed by atoms with van der Waals surface area (Å²) in [6.07, 6.45) is 6.47. The van der Waals surface area contributed by atoms with Crippen molar-refractivity contribution < 1.29 is 0 Å². The van der Waals surface area contributed by atoms with Crippen LogP contribution in [0.4, 0.5) is 11.8 Å². The summed E-state index contributed by atoms with van der Waals surface area (Å²) in [4.78, 5) is 6.77. The van der Waals surface area contributed by atoms with E-state index in [2.05, 4.69) is 39.2 Å². The maximum absolute atomic E-state index is 4.53. The van der Waals surface area contributed by atoms with Crippen LogP contribution in [0.5, 0.6) is 0 Å². The number of nitrogens with zero attached hydrogens (tertiary/aromatic N) is 4. The number of hydrogen-bond donors (Lipinski definition) is 1. The Morgan fingerprint density at radius 2 is 2.17 bits per heavy atom. The lowest BCUT2D eigenvalue weighted by molar-refractivity contribution is 0.433. The van der Waals surface area contributed by atoms with Crippen molar-refractivity contribution in [1.82, 2.24) is 15.2 Å². The second kappa shape index (κ2) is 6.52. The van der Waals surface area contributed by atoms with Gasteiger partial charge in [0.1, 0.15) is 0 Å². The van der Waals surface area contributed by atoms with E-state index in [1.807, 2.05) is 0 Å². The van der Waals surface area contributed by atoms with E-state index >= 15 is 0 Å². The fourth-order valence-corrected chi connectivity index (χ4v) is 2.12. The van der Waals surface area contributed by atoms with Gasteiger partial charge in [-0.1, -0.05) is 20.3 Å². The molecule has 18 heavy (non-hydrogen) atoms. The van der Waals surface area contributed by atoms with E-state index in [4.69, 9.17) is 0 Å². The zero-order valence-corrected chi connectivity index (χ0v) is 11.4. The van der Waals surface area contributed by atoms with Crippen molar-refractivity contribution in [2.24, 2.45) is 5.92 Å². The van der Waals surface area contributed by atoms with Crippen molar-refractivity contribution in [3.63, 3.8) is 0 Å². The van der Waals surface area contributed by atoms with E-state index in [0.29, 0.717) is 0 Å². The van der Waals surface area contributed by atoms with Crippen LogP contribution in [0.15, 0.2) is 6.20 Å². The molecule has 1 aromatic rings. The van der Waals surface area contributed by atoms with E-state index in [0.717, 1.165) is 43.7 Å². The molecule has 2 heterocycles. The Kier molecular flexibility index (Phi) is 4.73. The first-order chi connectivity index (χ1) is 8.79. The molecule has 0 saturated carbocycles. The van der Waals surface area contributed by atoms with Crippen molar-refractivity contribution in [3.05, 3.63) is 6.20 Å². The van der Waals surface area contributed by atoms with Crippen LogP contribution in [0.3, 0.4) is 0 Å². The number of anilines is 2. The SMILES string of the molecule is CCCCNc1cnnc(N2CCC(C)CC2)n1. The van der Waals surface area contributed by atoms with Crippen LogP contribution in [0.2, 0.25) is 0 Å². The molecule has 1 aliphatic heterocycles. The van der Waals surface area contributed by atoms with Gasteiger partial charge < -0.3 is 10.2 Å². The third-order valence-corrected chi connectivity index (χ3v) is 3.45. The maximum atomic E-state index is 4.53. The van der Waals surface area contributed by atoms with Crippen molar-refractivity contribution in [2.45, 2.75) is 39.5 Å². The molecule has 1 fully saturated rings. The molecule has 0 radical (unpaired) electrons. The van der Waals surface area contributed by atoms with Gasteiger partial charge in [0.25, 0.3) is 0 Å². The molecule has 5 heteroatoms. The van der Waals surface area contributed by atoms with Crippen molar-refractivity contribution in [1.29, 1.82) is 0 Å². The monoisotopic (exact) mass is 249 g/mol. The van der Waals surface area contributed by atoms with Gasteiger partial charge in [-0.05, 0) is 25.2 Å². The number of hydrogen-bond acceptors (Lipinski definition) is 5. The standard InChI is InChI=1S/C13H23N5/c1-3-4-7-14-12-10-15-17-13(16-12)18-8-5-11(2)6-9-18/h10-11H,3-9H2,1-2H3,(H,14,16,17). The lowest BCUT2D eigenvalue weighted by Gasteiger charge is -2.29. The number of piperidine rings is 1. The summed E-state index contributed by atoms with van der Waals surface area (Å²) in [5.74, 6) is 2.43. The van der Waals surface area contributed by atoms with Crippen molar-refractivity contribution in [2.75, 3.05) is 29.9 Å². The Balaban J connectivity index is 1.94. The lowest BCUT2D eigenvalue weighted by atomic mass is 10.00. The minimum absolute atomic E-state index is 0.767. The molecule has 100 valence electrons. The van der Waals surface area contributed by atoms with Crippen molar-refractivity contribution >= 4 is 11.8 Å². The van der Waals surface area contributed by atoms with Crippen molar-refractivity contribution in [3.8, 4) is 0 Å². The van der Waals surface area contributed by atoms with Crippen LogP contribution < -0.4 is 10.2 Å². The lowest BCUT2D eigenvalue weighted by Crippen LogP contribution is -2.34. The number of unbranched alkanes of at least 4 members (excludes halogenated alkanes) is 1. The van der Waals surface area contributed by atoms with E-state index in [-0.39, 0.29) is 0 Å². The van der Waals surface area contributed by atoms with Crippen LogP contribution in [-0.2, 0) is 0 Å². The van der Waals surface area contributed by atoms with Gasteiger partial charge in [0.05, 0.1) is 6.20 Å². The van der Waals surface area contributed by atoms with Crippen LogP contribution in [0.25, 0.3) is 0 Å². The van der Waals surface area contributed by atoms with Gasteiger partial charge in [-0.2, -0.15) is 10.1 Å². The fourth-order valence-electron chi connectivity index (χ4n) is 2.12. The molecule has 1 aromatic heterocycles. The van der Waals surface area contributed by atoms with Gasteiger partial charge in [-0.25, -0.2) is 0 Å². The molecule has 2 rings (SSSR count). The first-order valence-electron chi connectivity index (χ1n) is 6.98. The molecule has 0 bridgehead atoms.